The van der Waals surface area contributed by atoms with Gasteiger partial charge in [-0.2, -0.15) is 0 Å². The summed E-state index contributed by atoms with van der Waals surface area (Å²) < 4.78 is 33.2. The lowest BCUT2D eigenvalue weighted by Crippen LogP contribution is -2.30. The summed E-state index contributed by atoms with van der Waals surface area (Å²) in [6.45, 7) is 16.3. The number of hydrogen-bond acceptors (Lipinski definition) is 12. The fourth-order valence-electron chi connectivity index (χ4n) is 10.4. The van der Waals surface area contributed by atoms with Crippen LogP contribution in [0.15, 0.2) is 146 Å². The fourth-order valence-corrected chi connectivity index (χ4v) is 10.4. The third-order valence-electron chi connectivity index (χ3n) is 15.7. The number of aryl methyl sites for hydroxylation is 4. The van der Waals surface area contributed by atoms with Crippen molar-refractivity contribution in [2.75, 3.05) is 0 Å². The zero-order valence-electron chi connectivity index (χ0n) is 48.9. The van der Waals surface area contributed by atoms with E-state index in [0.29, 0.717) is 123 Å². The molecule has 3 fully saturated rings. The average molecular weight is 1120 g/mol. The van der Waals surface area contributed by atoms with E-state index in [4.69, 9.17) is 28.4 Å². The lowest BCUT2D eigenvalue weighted by molar-refractivity contribution is -0.145. The molecule has 0 aliphatic heterocycles. The number of hydrogen-bond donors (Lipinski definition) is 0. The SMILES string of the molecule is CC(C)c1ccc(OC(=O)C2CCC(C(=O)Oc3ccc(C(C)C)cc3)CC2)cc1.Cc1cccc(OC(=O)C2CCC(C(=O)Oc3cccc(C)c3)CC2)c1.Cc1ccccc1OC(=O)C1CCC(C(=O)Oc2ccccc2C)CC1.[HH].[HH].[HH]. The predicted molar refractivity (Wildman–Crippen MR) is 322 cm³/mol. The Kier molecular flexibility index (Phi) is 22.8. The Balaban J connectivity index is 0.000000269. The first-order valence-electron chi connectivity index (χ1n) is 29.1. The van der Waals surface area contributed by atoms with Gasteiger partial charge in [0.25, 0.3) is 0 Å². The predicted octanol–water partition coefficient (Wildman–Crippen LogP) is 16.2. The second kappa shape index (κ2) is 30.3. The van der Waals surface area contributed by atoms with E-state index in [0.717, 1.165) is 22.3 Å². The molecule has 3 aliphatic carbocycles. The average Bonchev–Trinajstić information content (AvgIpc) is 3.49. The van der Waals surface area contributed by atoms with Gasteiger partial charge in [0.1, 0.15) is 34.5 Å². The Hall–Kier alpha value is -7.86. The van der Waals surface area contributed by atoms with Gasteiger partial charge in [0, 0.05) is 4.28 Å². The van der Waals surface area contributed by atoms with Crippen molar-refractivity contribution < 1.29 is 61.5 Å². The fraction of sp³-hybridized carbons (Fsp3) is 0.400. The summed E-state index contributed by atoms with van der Waals surface area (Å²) >= 11 is 0. The van der Waals surface area contributed by atoms with Crippen LogP contribution in [-0.4, -0.2) is 35.8 Å². The van der Waals surface area contributed by atoms with Gasteiger partial charge in [-0.05, 0) is 211 Å². The number of benzene rings is 6. The van der Waals surface area contributed by atoms with Crippen molar-refractivity contribution in [3.05, 3.63) is 179 Å². The van der Waals surface area contributed by atoms with Crippen LogP contribution in [0.3, 0.4) is 0 Å². The van der Waals surface area contributed by atoms with Crippen molar-refractivity contribution >= 4 is 35.8 Å². The van der Waals surface area contributed by atoms with Crippen LogP contribution >= 0.6 is 0 Å². The minimum atomic E-state index is -0.207. The van der Waals surface area contributed by atoms with Crippen molar-refractivity contribution in [2.24, 2.45) is 35.5 Å². The van der Waals surface area contributed by atoms with Crippen LogP contribution in [0.2, 0.25) is 0 Å². The molecule has 0 amide bonds. The van der Waals surface area contributed by atoms with E-state index in [1.165, 1.54) is 11.1 Å². The molecule has 6 aromatic rings. The molecule has 0 bridgehead atoms. The lowest BCUT2D eigenvalue weighted by Gasteiger charge is -2.26. The molecule has 12 heteroatoms. The van der Waals surface area contributed by atoms with E-state index >= 15 is 0 Å². The van der Waals surface area contributed by atoms with Gasteiger partial charge in [0.2, 0.25) is 0 Å². The van der Waals surface area contributed by atoms with Crippen LogP contribution in [0, 0.1) is 63.2 Å². The molecule has 12 nitrogen and oxygen atoms in total. The van der Waals surface area contributed by atoms with Crippen LogP contribution in [-0.2, 0) is 28.8 Å². The summed E-state index contributed by atoms with van der Waals surface area (Å²) in [5.41, 5.74) is 6.42. The topological polar surface area (TPSA) is 158 Å². The highest BCUT2D eigenvalue weighted by Gasteiger charge is 2.35. The van der Waals surface area contributed by atoms with E-state index in [1.54, 1.807) is 24.3 Å². The van der Waals surface area contributed by atoms with Crippen LogP contribution in [0.4, 0.5) is 0 Å². The third kappa shape index (κ3) is 18.6. The Labute approximate surface area is 488 Å². The van der Waals surface area contributed by atoms with Crippen LogP contribution in [0.5, 0.6) is 34.5 Å². The second-order valence-corrected chi connectivity index (χ2v) is 22.8. The Morgan fingerprint density at radius 1 is 0.317 bits per heavy atom. The van der Waals surface area contributed by atoms with E-state index in [9.17, 15) is 28.8 Å². The van der Waals surface area contributed by atoms with Gasteiger partial charge in [0.15, 0.2) is 0 Å². The zero-order chi connectivity index (χ0) is 58.7. The standard InChI is InChI=1S/C26H32O4.2C22H24O4.3H2/c1-17(2)19-9-13-23(14-10-19)29-25(27)21-5-7-22(8-6-21)26(28)30-24-15-11-20(12-16-24)18(3)4;1-15-5-3-7-19(13-15)25-21(23)17-9-11-18(12-10-17)22(24)26-20-8-4-6-16(2)14-20;1-15-7-3-5-9-19(15)25-21(23)17-11-13-18(14-12-17)22(24)26-20-10-6-4-8-16(20)2;;;/h9-18,21-22H,5-8H2,1-4H3;3-8,13-14,17-18H,9-12H2,1-2H3;3-10,17-18H,11-14H2,1-2H3;3*1H. The Bertz CT molecular complexity index is 2890. The molecule has 3 saturated carbocycles. The number of carbonyl (C=O) groups excluding carboxylic acids is 6. The maximum absolute atomic E-state index is 12.5. The summed E-state index contributed by atoms with van der Waals surface area (Å²) in [6.07, 6.45) is 7.80. The van der Waals surface area contributed by atoms with Crippen molar-refractivity contribution in [3.8, 4) is 34.5 Å². The molecule has 0 aromatic heterocycles. The Morgan fingerprint density at radius 3 is 0.829 bits per heavy atom. The van der Waals surface area contributed by atoms with Crippen LogP contribution in [0.25, 0.3) is 0 Å². The zero-order valence-corrected chi connectivity index (χ0v) is 48.9. The van der Waals surface area contributed by atoms with Crippen molar-refractivity contribution in [1.82, 2.24) is 0 Å². The van der Waals surface area contributed by atoms with Crippen molar-refractivity contribution in [3.63, 3.8) is 0 Å². The minimum Gasteiger partial charge on any atom is -0.426 e. The first-order chi connectivity index (χ1) is 39.4. The quantitative estimate of drug-likeness (QED) is 0.0752. The molecule has 3 aliphatic rings. The maximum atomic E-state index is 12.5. The summed E-state index contributed by atoms with van der Waals surface area (Å²) in [4.78, 5) is 74.5. The first kappa shape index (κ1) is 61.8. The van der Waals surface area contributed by atoms with Gasteiger partial charge in [-0.3, -0.25) is 28.8 Å². The van der Waals surface area contributed by atoms with Gasteiger partial charge >= 0.3 is 35.8 Å². The summed E-state index contributed by atoms with van der Waals surface area (Å²) in [5, 5.41) is 0. The van der Waals surface area contributed by atoms with Gasteiger partial charge < -0.3 is 28.4 Å². The van der Waals surface area contributed by atoms with E-state index < -0.39 is 0 Å². The van der Waals surface area contributed by atoms with Crippen LogP contribution < -0.4 is 28.4 Å². The molecule has 0 radical (unpaired) electrons. The van der Waals surface area contributed by atoms with Gasteiger partial charge in [0.05, 0.1) is 35.5 Å². The van der Waals surface area contributed by atoms with Gasteiger partial charge in [-0.15, -0.1) is 0 Å². The molecular formula is C70H86O12. The number of esters is 6. The van der Waals surface area contributed by atoms with Gasteiger partial charge in [-0.1, -0.05) is 113 Å². The third-order valence-corrected chi connectivity index (χ3v) is 15.7. The number of rotatable bonds is 14. The summed E-state index contributed by atoms with van der Waals surface area (Å²) in [7, 11) is 0. The largest absolute Gasteiger partial charge is 0.426 e. The molecule has 0 saturated heterocycles. The highest BCUT2D eigenvalue weighted by molar-refractivity contribution is 5.80. The molecular weight excluding hydrogens is 1030 g/mol. The van der Waals surface area contributed by atoms with Crippen molar-refractivity contribution in [1.29, 1.82) is 0 Å². The van der Waals surface area contributed by atoms with Crippen LogP contribution in [0.1, 0.15) is 154 Å². The molecule has 9 rings (SSSR count). The minimum absolute atomic E-state index is 0. The molecule has 0 N–H and O–H groups in total. The second-order valence-electron chi connectivity index (χ2n) is 22.8. The molecule has 0 heterocycles. The molecule has 0 unspecified atom stereocenters. The summed E-state index contributed by atoms with van der Waals surface area (Å²) in [6, 6.07) is 45.3. The van der Waals surface area contributed by atoms with Gasteiger partial charge in [-0.25, -0.2) is 0 Å². The normalized spacial score (nSPS) is 19.4. The van der Waals surface area contributed by atoms with Crippen molar-refractivity contribution in [2.45, 2.75) is 144 Å². The van der Waals surface area contributed by atoms with E-state index in [2.05, 4.69) is 27.7 Å². The molecule has 82 heavy (non-hydrogen) atoms. The Morgan fingerprint density at radius 2 is 0.573 bits per heavy atom. The molecule has 438 valence electrons. The summed E-state index contributed by atoms with van der Waals surface area (Å²) in [5.74, 6) is 2.25. The lowest BCUT2D eigenvalue weighted by atomic mass is 9.82. The molecule has 0 atom stereocenters. The van der Waals surface area contributed by atoms with E-state index in [1.807, 2.05) is 149 Å². The smallest absolute Gasteiger partial charge is 0.314 e. The number of carbonyl (C=O) groups is 6. The highest BCUT2D eigenvalue weighted by atomic mass is 16.6. The van der Waals surface area contributed by atoms with E-state index in [-0.39, 0.29) is 75.6 Å². The molecule has 6 aromatic carbocycles. The molecule has 0 spiro atoms. The maximum Gasteiger partial charge on any atom is 0.314 e. The number of ether oxygens (including phenoxy) is 6. The highest BCUT2D eigenvalue weighted by Crippen LogP contribution is 2.35. The first-order valence-corrected chi connectivity index (χ1v) is 29.1. The monoisotopic (exact) mass is 1120 g/mol. The number of para-hydroxylation sites is 2.